The average Bonchev–Trinajstić information content (AvgIpc) is 1.75. The van der Waals surface area contributed by atoms with Crippen molar-refractivity contribution in [3.63, 3.8) is 0 Å². The van der Waals surface area contributed by atoms with E-state index in [0.717, 1.165) is 30.1 Å². The summed E-state index contributed by atoms with van der Waals surface area (Å²) in [5, 5.41) is 39.7. The second-order valence-corrected chi connectivity index (χ2v) is 24.7. The lowest BCUT2D eigenvalue weighted by Crippen LogP contribution is -2.59. The van der Waals surface area contributed by atoms with Crippen LogP contribution in [0.15, 0.2) is 146 Å². The van der Waals surface area contributed by atoms with Crippen LogP contribution in [0.5, 0.6) is 5.75 Å². The predicted octanol–water partition coefficient (Wildman–Crippen LogP) is 5.54. The molecule has 7 amide bonds. The number of esters is 2. The minimum atomic E-state index is -1.61. The zero-order chi connectivity index (χ0) is 71.0. The van der Waals surface area contributed by atoms with Crippen molar-refractivity contribution in [2.45, 2.75) is 149 Å². The van der Waals surface area contributed by atoms with E-state index in [2.05, 4.69) is 36.9 Å². The molecule has 1 aliphatic heterocycles. The van der Waals surface area contributed by atoms with Gasteiger partial charge < -0.3 is 56.7 Å². The van der Waals surface area contributed by atoms with Crippen LogP contribution in [0.4, 0.5) is 11.4 Å². The molecule has 0 aliphatic carbocycles. The molecule has 6 aromatic rings. The summed E-state index contributed by atoms with van der Waals surface area (Å²) in [6.45, 7) is 9.80. The number of imidazole rings is 1. The van der Waals surface area contributed by atoms with Gasteiger partial charge in [0.25, 0.3) is 11.4 Å². The Labute approximate surface area is 566 Å². The van der Waals surface area contributed by atoms with Crippen LogP contribution in [-0.2, 0) is 85.3 Å². The summed E-state index contributed by atoms with van der Waals surface area (Å²) >= 11 is 0. The number of nitro groups is 2. The predicted molar refractivity (Wildman–Crippen MR) is 358 cm³/mol. The molecule has 0 spiro atoms. The highest BCUT2D eigenvalue weighted by Gasteiger charge is 2.41. The molecule has 0 radical (unpaired) electrons. The molecule has 2 heterocycles. The monoisotopic (exact) mass is 1350 g/mol. The Morgan fingerprint density at radius 3 is 1.83 bits per heavy atom. The highest BCUT2D eigenvalue weighted by atomic mass is 16.6. The van der Waals surface area contributed by atoms with Crippen molar-refractivity contribution in [1.29, 1.82) is 0 Å². The molecule has 520 valence electrons. The first-order valence-electron chi connectivity index (χ1n) is 32.3. The number of nitrogens with one attached hydrogen (secondary N) is 6. The Morgan fingerprint density at radius 1 is 0.643 bits per heavy atom. The molecule has 0 unspecified atom stereocenters. The molecule has 28 nitrogen and oxygen atoms in total. The zero-order valence-corrected chi connectivity index (χ0v) is 55.5. The van der Waals surface area contributed by atoms with E-state index in [1.807, 2.05) is 30.3 Å². The van der Waals surface area contributed by atoms with Crippen LogP contribution in [0.25, 0.3) is 5.69 Å². The Bertz CT molecular complexity index is 3740. The lowest BCUT2D eigenvalue weighted by atomic mass is 9.97. The number of rotatable bonds is 35. The number of carbonyl (C=O) groups is 9. The Balaban J connectivity index is 1.09. The van der Waals surface area contributed by atoms with Crippen molar-refractivity contribution >= 4 is 64.7 Å². The smallest absolute Gasteiger partial charge is 0.329 e. The molecule has 0 bridgehead atoms. The number of nitrogens with zero attached hydrogens (tertiary/aromatic N) is 5. The Kier molecular flexibility index (Phi) is 27.6. The van der Waals surface area contributed by atoms with Crippen molar-refractivity contribution in [2.75, 3.05) is 13.1 Å². The van der Waals surface area contributed by atoms with Gasteiger partial charge in [-0.25, -0.2) is 9.78 Å². The molecular weight excluding hydrogens is 1260 g/mol. The third-order valence-corrected chi connectivity index (χ3v) is 16.4. The first-order chi connectivity index (χ1) is 46.9. The second-order valence-electron chi connectivity index (χ2n) is 24.7. The standard InChI is InChI=1S/C70H84N12O16/c1-7-45(6)63(78-66(87)58-24-17-31-80(58)69(90)55(76-67(88)62(71)44(4)5)36-61(84)97-40-48-20-13-9-14-21-48)68(89)72-37-60(83)74-54(34-50-38-79(42-73-50)57-30-27-51(81(92)93)35-59(57)82(94)95)65(86)75-53(32-43(2)3)64(85)77-56(70(91)98-41-49-22-15-10-16-23-49)33-46-25-28-52(29-26-46)96-39-47-18-11-8-12-19-47/h8-16,18-23,25-30,35,38,42-45,53-56,58,62-63H,7,17,24,31-34,36-37,39-41,71H2,1-6H3,(H,72,89)(H,74,83)(H,75,86)(H,76,88)(H,77,85)(H,78,87)/t45-,53-,54-,55-,56-,58-,62-,63-/m0/s1. The van der Waals surface area contributed by atoms with E-state index in [1.54, 1.807) is 126 Å². The summed E-state index contributed by atoms with van der Waals surface area (Å²) in [5.74, 6) is -7.90. The number of likely N-dealkylation sites (tertiary alicyclic amines) is 1. The van der Waals surface area contributed by atoms with Crippen LogP contribution < -0.4 is 42.4 Å². The van der Waals surface area contributed by atoms with Crippen molar-refractivity contribution in [3.05, 3.63) is 194 Å². The van der Waals surface area contributed by atoms with Crippen molar-refractivity contribution in [3.8, 4) is 11.4 Å². The maximum absolute atomic E-state index is 14.8. The first kappa shape index (κ1) is 74.5. The number of amides is 7. The number of carbonyl (C=O) groups excluding carboxylic acids is 9. The van der Waals surface area contributed by atoms with Gasteiger partial charge in [-0.1, -0.05) is 151 Å². The lowest BCUT2D eigenvalue weighted by molar-refractivity contribution is -0.394. The first-order valence-corrected chi connectivity index (χ1v) is 32.3. The second kappa shape index (κ2) is 36.3. The van der Waals surface area contributed by atoms with Gasteiger partial charge in [-0.05, 0) is 77.5 Å². The van der Waals surface area contributed by atoms with E-state index in [0.29, 0.717) is 41.9 Å². The van der Waals surface area contributed by atoms with Crippen LogP contribution in [0.3, 0.4) is 0 Å². The summed E-state index contributed by atoms with van der Waals surface area (Å²) in [5.41, 5.74) is 7.81. The minimum Gasteiger partial charge on any atom is -0.489 e. The van der Waals surface area contributed by atoms with Gasteiger partial charge >= 0.3 is 11.9 Å². The number of hydrogen-bond acceptors (Lipinski definition) is 18. The van der Waals surface area contributed by atoms with Gasteiger partial charge in [-0.15, -0.1) is 0 Å². The van der Waals surface area contributed by atoms with E-state index in [9.17, 15) is 63.4 Å². The van der Waals surface area contributed by atoms with Crippen LogP contribution in [0.2, 0.25) is 0 Å². The number of hydrogen-bond donors (Lipinski definition) is 7. The third-order valence-electron chi connectivity index (χ3n) is 16.4. The quantitative estimate of drug-likeness (QED) is 0.0146. The number of ether oxygens (including phenoxy) is 3. The fourth-order valence-corrected chi connectivity index (χ4v) is 10.7. The minimum absolute atomic E-state index is 0.00937. The normalized spacial score (nSPS) is 14.8. The lowest BCUT2D eigenvalue weighted by Gasteiger charge is -2.31. The molecule has 0 saturated carbocycles. The molecule has 28 heteroatoms. The van der Waals surface area contributed by atoms with E-state index in [4.69, 9.17) is 19.9 Å². The number of non-ortho nitro benzene ring substituents is 1. The SMILES string of the molecule is CC[C@H](C)[C@H](NC(=O)[C@@H]1CCCN1C(=O)[C@H](CC(=O)OCc1ccccc1)NC(=O)[C@@H](N)C(C)C)C(=O)NCC(=O)N[C@@H](Cc1cn(-c2ccc([N+](=O)[O-])cc2[N+](=O)[O-])cn1)C(=O)N[C@@H](CC(C)C)C(=O)N[C@@H](Cc1ccc(OCc2ccccc2)cc1)C(=O)OCc1ccccc1. The molecule has 1 fully saturated rings. The molecule has 98 heavy (non-hydrogen) atoms. The number of aromatic nitrogens is 2. The fourth-order valence-electron chi connectivity index (χ4n) is 10.7. The van der Waals surface area contributed by atoms with Crippen molar-refractivity contribution in [1.82, 2.24) is 46.4 Å². The summed E-state index contributed by atoms with van der Waals surface area (Å²) in [6, 6.07) is 27.9. The third kappa shape index (κ3) is 22.1. The number of nitrogens with two attached hydrogens (primary N) is 1. The summed E-state index contributed by atoms with van der Waals surface area (Å²) in [4.78, 5) is 155. The molecule has 8 atom stereocenters. The topological polar surface area (TPSA) is 387 Å². The van der Waals surface area contributed by atoms with E-state index < -0.39 is 142 Å². The number of benzene rings is 5. The summed E-state index contributed by atoms with van der Waals surface area (Å²) in [7, 11) is 0. The van der Waals surface area contributed by atoms with Gasteiger partial charge in [0.1, 0.15) is 67.5 Å². The molecular formula is C70H84N12O16. The van der Waals surface area contributed by atoms with Gasteiger partial charge in [0.15, 0.2) is 0 Å². The van der Waals surface area contributed by atoms with Crippen LogP contribution >= 0.6 is 0 Å². The highest BCUT2D eigenvalue weighted by Crippen LogP contribution is 2.29. The summed E-state index contributed by atoms with van der Waals surface area (Å²) < 4.78 is 18.4. The number of nitro benzene ring substituents is 2. The van der Waals surface area contributed by atoms with Crippen molar-refractivity contribution < 1.29 is 67.2 Å². The molecule has 8 N–H and O–H groups in total. The molecule has 1 saturated heterocycles. The highest BCUT2D eigenvalue weighted by molar-refractivity contribution is 5.98. The molecule has 5 aromatic carbocycles. The van der Waals surface area contributed by atoms with E-state index >= 15 is 0 Å². The van der Waals surface area contributed by atoms with Crippen LogP contribution in [0, 0.1) is 38.0 Å². The summed E-state index contributed by atoms with van der Waals surface area (Å²) in [6.07, 6.45) is 2.22. The molecule has 1 aromatic heterocycles. The van der Waals surface area contributed by atoms with Gasteiger partial charge in [0, 0.05) is 31.6 Å². The maximum atomic E-state index is 14.8. The van der Waals surface area contributed by atoms with E-state index in [-0.39, 0.29) is 62.2 Å². The zero-order valence-electron chi connectivity index (χ0n) is 55.5. The van der Waals surface area contributed by atoms with Gasteiger partial charge in [-0.2, -0.15) is 0 Å². The van der Waals surface area contributed by atoms with Crippen LogP contribution in [-0.4, -0.2) is 133 Å². The maximum Gasteiger partial charge on any atom is 0.329 e. The Morgan fingerprint density at radius 2 is 1.23 bits per heavy atom. The van der Waals surface area contributed by atoms with Gasteiger partial charge in [-0.3, -0.25) is 63.2 Å². The molecule has 7 rings (SSSR count). The average molecular weight is 1350 g/mol. The van der Waals surface area contributed by atoms with Crippen LogP contribution in [0.1, 0.15) is 102 Å². The van der Waals surface area contributed by atoms with Crippen molar-refractivity contribution in [2.24, 2.45) is 23.5 Å². The van der Waals surface area contributed by atoms with E-state index in [1.165, 1.54) is 15.7 Å². The Hall–Kier alpha value is -10.9. The van der Waals surface area contributed by atoms with Gasteiger partial charge in [0.2, 0.25) is 41.4 Å². The van der Waals surface area contributed by atoms with Gasteiger partial charge in [0.05, 0.1) is 46.9 Å². The molecule has 1 aliphatic rings. The largest absolute Gasteiger partial charge is 0.489 e. The fraction of sp³-hybridized carbons (Fsp3) is 0.400.